The minimum Gasteiger partial charge on any atom is -0.507 e. The van der Waals surface area contributed by atoms with Gasteiger partial charge in [0.15, 0.2) is 0 Å². The van der Waals surface area contributed by atoms with Crippen molar-refractivity contribution in [3.63, 3.8) is 0 Å². The highest BCUT2D eigenvalue weighted by Gasteiger charge is 2.29. The van der Waals surface area contributed by atoms with E-state index in [4.69, 9.17) is 5.73 Å². The van der Waals surface area contributed by atoms with Crippen molar-refractivity contribution in [2.24, 2.45) is 5.73 Å². The zero-order valence-corrected chi connectivity index (χ0v) is 14.7. The van der Waals surface area contributed by atoms with E-state index in [0.717, 1.165) is 18.5 Å². The van der Waals surface area contributed by atoms with Gasteiger partial charge in [0.05, 0.1) is 17.0 Å². The van der Waals surface area contributed by atoms with Gasteiger partial charge in [-0.1, -0.05) is 13.3 Å². The number of carbonyl (C=O) groups excluding carboxylic acids is 2. The second-order valence-electron chi connectivity index (χ2n) is 5.97. The van der Waals surface area contributed by atoms with Gasteiger partial charge in [-0.05, 0) is 31.4 Å². The molecular formula is C18H19N3O3S. The van der Waals surface area contributed by atoms with E-state index in [9.17, 15) is 14.7 Å². The monoisotopic (exact) mass is 357 g/mol. The Balaban J connectivity index is 1.90. The number of nitrogens with two attached hydrogens (primary N) is 1. The number of amides is 1. The molecule has 130 valence electrons. The number of thiazole rings is 1. The largest absolute Gasteiger partial charge is 0.507 e. The Bertz CT molecular complexity index is 853. The van der Waals surface area contributed by atoms with Crippen LogP contribution in [0.1, 0.15) is 51.4 Å². The third-order valence-electron chi connectivity index (χ3n) is 4.05. The first-order valence-electron chi connectivity index (χ1n) is 8.18. The average molecular weight is 357 g/mol. The maximum absolute atomic E-state index is 12.7. The third-order valence-corrected chi connectivity index (χ3v) is 5.15. The van der Waals surface area contributed by atoms with Crippen molar-refractivity contribution < 1.29 is 14.7 Å². The van der Waals surface area contributed by atoms with E-state index >= 15 is 0 Å². The minimum absolute atomic E-state index is 0.0266. The lowest BCUT2D eigenvalue weighted by atomic mass is 9.93. The summed E-state index contributed by atoms with van der Waals surface area (Å²) < 4.78 is 0. The van der Waals surface area contributed by atoms with Crippen LogP contribution in [-0.2, 0) is 24.1 Å². The number of carbonyl (C=O) groups is 2. The number of nitrogens with zero attached hydrogens (tertiary/aromatic N) is 2. The number of hydrogen-bond donors (Lipinski definition) is 2. The second-order valence-corrected chi connectivity index (χ2v) is 7.05. The number of fused-ring (bicyclic) bond motifs is 1. The van der Waals surface area contributed by atoms with Crippen LogP contribution < -0.4 is 5.73 Å². The van der Waals surface area contributed by atoms with Crippen LogP contribution >= 0.6 is 11.3 Å². The van der Waals surface area contributed by atoms with Crippen LogP contribution in [0.4, 0.5) is 0 Å². The summed E-state index contributed by atoms with van der Waals surface area (Å²) >= 11 is 1.17. The van der Waals surface area contributed by atoms with Gasteiger partial charge in [0.2, 0.25) is 11.7 Å². The first-order chi connectivity index (χ1) is 12.0. The maximum atomic E-state index is 12.7. The van der Waals surface area contributed by atoms with Gasteiger partial charge in [-0.2, -0.15) is 0 Å². The molecule has 0 saturated heterocycles. The summed E-state index contributed by atoms with van der Waals surface area (Å²) in [6, 6.07) is 3.65. The number of rotatable bonds is 5. The summed E-state index contributed by atoms with van der Waals surface area (Å²) in [4.78, 5) is 32.9. The van der Waals surface area contributed by atoms with Crippen molar-refractivity contribution in [2.75, 3.05) is 0 Å². The van der Waals surface area contributed by atoms with Crippen LogP contribution in [0.25, 0.3) is 5.76 Å². The molecule has 2 heterocycles. The van der Waals surface area contributed by atoms with Crippen LogP contribution in [0.5, 0.6) is 0 Å². The van der Waals surface area contributed by atoms with Crippen molar-refractivity contribution in [2.45, 2.75) is 39.0 Å². The van der Waals surface area contributed by atoms with E-state index in [1.54, 1.807) is 12.3 Å². The molecule has 3 rings (SSSR count). The Hall–Kier alpha value is -2.54. The molecule has 1 aliphatic carbocycles. The van der Waals surface area contributed by atoms with Gasteiger partial charge >= 0.3 is 0 Å². The van der Waals surface area contributed by atoms with Crippen LogP contribution in [0.3, 0.4) is 0 Å². The molecule has 0 atom stereocenters. The summed E-state index contributed by atoms with van der Waals surface area (Å²) in [5.41, 5.74) is 7.73. The van der Waals surface area contributed by atoms with Crippen molar-refractivity contribution in [3.05, 3.63) is 50.7 Å². The molecule has 0 unspecified atom stereocenters. The normalized spacial score (nSPS) is 15.8. The highest BCUT2D eigenvalue weighted by Crippen LogP contribution is 2.33. The van der Waals surface area contributed by atoms with Crippen LogP contribution in [0, 0.1) is 0 Å². The Morgan fingerprint density at radius 3 is 2.80 bits per heavy atom. The number of Topliss-reactive ketones (excluding diaryl/α,β-unsaturated/α-hetero) is 1. The SMILES string of the molecule is CCCc1ccc(C(O)=C2CCc3nc(CC(N)=O)sc3C2=O)cn1. The molecule has 0 aliphatic heterocycles. The lowest BCUT2D eigenvalue weighted by molar-refractivity contribution is -0.117. The van der Waals surface area contributed by atoms with Crippen LogP contribution in [-0.4, -0.2) is 26.8 Å². The molecule has 2 aromatic rings. The molecule has 0 bridgehead atoms. The zero-order valence-electron chi connectivity index (χ0n) is 13.9. The van der Waals surface area contributed by atoms with E-state index in [2.05, 4.69) is 16.9 Å². The van der Waals surface area contributed by atoms with Crippen LogP contribution in [0.2, 0.25) is 0 Å². The summed E-state index contributed by atoms with van der Waals surface area (Å²) in [6.07, 6.45) is 4.47. The number of ketones is 1. The van der Waals surface area contributed by atoms with E-state index < -0.39 is 5.91 Å². The topological polar surface area (TPSA) is 106 Å². The van der Waals surface area contributed by atoms with Crippen molar-refractivity contribution in [3.8, 4) is 0 Å². The molecule has 25 heavy (non-hydrogen) atoms. The van der Waals surface area contributed by atoms with Gasteiger partial charge in [-0.15, -0.1) is 11.3 Å². The number of primary amides is 1. The first-order valence-corrected chi connectivity index (χ1v) is 9.00. The molecule has 2 aromatic heterocycles. The summed E-state index contributed by atoms with van der Waals surface area (Å²) in [7, 11) is 0. The van der Waals surface area contributed by atoms with Gasteiger partial charge in [0, 0.05) is 23.0 Å². The predicted octanol–water partition coefficient (Wildman–Crippen LogP) is 2.62. The van der Waals surface area contributed by atoms with E-state index in [0.29, 0.717) is 39.6 Å². The molecule has 1 amide bonds. The molecule has 0 spiro atoms. The number of aryl methyl sites for hydroxylation is 2. The Morgan fingerprint density at radius 2 is 2.16 bits per heavy atom. The molecule has 0 aromatic carbocycles. The Labute approximate surface area is 149 Å². The zero-order chi connectivity index (χ0) is 18.0. The summed E-state index contributed by atoms with van der Waals surface area (Å²) in [6.45, 7) is 2.08. The summed E-state index contributed by atoms with van der Waals surface area (Å²) in [5.74, 6) is -0.740. The fourth-order valence-electron chi connectivity index (χ4n) is 2.84. The molecule has 0 radical (unpaired) electrons. The van der Waals surface area contributed by atoms with Crippen LogP contribution in [0.15, 0.2) is 23.9 Å². The molecular weight excluding hydrogens is 338 g/mol. The van der Waals surface area contributed by atoms with Gasteiger partial charge in [0.25, 0.3) is 0 Å². The van der Waals surface area contributed by atoms with E-state index in [1.165, 1.54) is 11.3 Å². The van der Waals surface area contributed by atoms with Crippen molar-refractivity contribution in [1.29, 1.82) is 0 Å². The number of aliphatic hydroxyl groups is 1. The Morgan fingerprint density at radius 1 is 1.36 bits per heavy atom. The first kappa shape index (κ1) is 17.3. The number of aromatic nitrogens is 2. The van der Waals surface area contributed by atoms with E-state index in [-0.39, 0.29) is 18.0 Å². The quantitative estimate of drug-likeness (QED) is 0.632. The molecule has 6 nitrogen and oxygen atoms in total. The molecule has 3 N–H and O–H groups in total. The fourth-order valence-corrected chi connectivity index (χ4v) is 3.92. The smallest absolute Gasteiger partial charge is 0.224 e. The number of aliphatic hydroxyl groups excluding tert-OH is 1. The lowest BCUT2D eigenvalue weighted by Crippen LogP contribution is -2.14. The average Bonchev–Trinajstić information content (AvgIpc) is 2.98. The van der Waals surface area contributed by atoms with Gasteiger partial charge < -0.3 is 10.8 Å². The fraction of sp³-hybridized carbons (Fsp3) is 0.333. The van der Waals surface area contributed by atoms with Gasteiger partial charge in [-0.25, -0.2) is 4.98 Å². The van der Waals surface area contributed by atoms with Gasteiger partial charge in [-0.3, -0.25) is 14.6 Å². The standard InChI is InChI=1S/C18H19N3O3S/c1-2-3-11-5-4-10(9-20-11)16(23)12-6-7-13-18(17(12)24)25-15(21-13)8-14(19)22/h4-5,9,23H,2-3,6-8H2,1H3,(H2,19,22). The second kappa shape index (κ2) is 7.14. The highest BCUT2D eigenvalue weighted by molar-refractivity contribution is 7.14. The van der Waals surface area contributed by atoms with Crippen molar-refractivity contribution >= 4 is 28.8 Å². The molecule has 0 saturated carbocycles. The van der Waals surface area contributed by atoms with Crippen molar-refractivity contribution in [1.82, 2.24) is 9.97 Å². The molecule has 7 heteroatoms. The third kappa shape index (κ3) is 3.61. The number of pyridine rings is 1. The highest BCUT2D eigenvalue weighted by atomic mass is 32.1. The van der Waals surface area contributed by atoms with E-state index in [1.807, 2.05) is 6.07 Å². The number of hydrogen-bond acceptors (Lipinski definition) is 6. The minimum atomic E-state index is -0.476. The number of allylic oxidation sites excluding steroid dienone is 1. The van der Waals surface area contributed by atoms with Gasteiger partial charge in [0.1, 0.15) is 10.8 Å². The maximum Gasteiger partial charge on any atom is 0.224 e. The predicted molar refractivity (Wildman–Crippen MR) is 95.4 cm³/mol. The molecule has 1 aliphatic rings. The Kier molecular flexibility index (Phi) is 4.94. The molecule has 0 fully saturated rings. The lowest BCUT2D eigenvalue weighted by Gasteiger charge is -2.14. The summed E-state index contributed by atoms with van der Waals surface area (Å²) in [5, 5.41) is 11.1.